The van der Waals surface area contributed by atoms with E-state index in [1.807, 2.05) is 6.92 Å². The molecule has 0 saturated carbocycles. The number of carbonyl (C=O) groups is 4. The summed E-state index contributed by atoms with van der Waals surface area (Å²) in [6.07, 6.45) is -20.4. The minimum Gasteiger partial charge on any atom is -0.455 e. The molecule has 6 saturated heterocycles. The van der Waals surface area contributed by atoms with Crippen molar-refractivity contribution >= 4 is 30.0 Å². The molecule has 0 amide bonds. The predicted molar refractivity (Wildman–Crippen MR) is 347 cm³/mol. The van der Waals surface area contributed by atoms with Crippen LogP contribution in [0.5, 0.6) is 0 Å². The summed E-state index contributed by atoms with van der Waals surface area (Å²) in [5.74, 6) is -3.09. The number of aliphatic hydroxyl groups is 8. The van der Waals surface area contributed by atoms with Crippen LogP contribution in [0.2, 0.25) is 0 Å². The third-order valence-electron chi connectivity index (χ3n) is 19.1. The molecule has 554 valence electrons. The highest BCUT2D eigenvalue weighted by molar-refractivity contribution is 5.87. The van der Waals surface area contributed by atoms with Crippen molar-refractivity contribution in [1.82, 2.24) is 0 Å². The second kappa shape index (κ2) is 41.3. The molecule has 6 aliphatic heterocycles. The summed E-state index contributed by atoms with van der Waals surface area (Å²) in [6, 6.07) is 8.87. The molecule has 7 rings (SSSR count). The van der Waals surface area contributed by atoms with Crippen LogP contribution in [-0.4, -0.2) is 231 Å². The molecule has 26 heteroatoms. The van der Waals surface area contributed by atoms with Crippen molar-refractivity contribution < 1.29 is 126 Å². The topological polar surface area (TPSA) is 359 Å². The number of unbranched alkanes of at least 4 members (excludes halogenated alkanes) is 10. The summed E-state index contributed by atoms with van der Waals surface area (Å²) in [4.78, 5) is 55.7. The van der Waals surface area contributed by atoms with Gasteiger partial charge in [0.2, 0.25) is 0 Å². The van der Waals surface area contributed by atoms with Gasteiger partial charge in [-0.05, 0) is 71.4 Å². The Kier molecular flexibility index (Phi) is 34.2. The smallest absolute Gasteiger partial charge is 0.331 e. The van der Waals surface area contributed by atoms with Gasteiger partial charge in [-0.15, -0.1) is 0 Å². The summed E-state index contributed by atoms with van der Waals surface area (Å²) in [5, 5.41) is 92.4. The van der Waals surface area contributed by atoms with E-state index in [1.165, 1.54) is 26.8 Å². The maximum atomic E-state index is 14.4. The zero-order valence-corrected chi connectivity index (χ0v) is 57.9. The van der Waals surface area contributed by atoms with Gasteiger partial charge in [-0.25, -0.2) is 4.79 Å². The average molecular weight is 1380 g/mol. The molecule has 0 unspecified atom stereocenters. The summed E-state index contributed by atoms with van der Waals surface area (Å²) in [6.45, 7) is 11.5. The van der Waals surface area contributed by atoms with E-state index in [0.717, 1.165) is 109 Å². The van der Waals surface area contributed by atoms with Gasteiger partial charge in [0.05, 0.1) is 37.1 Å². The van der Waals surface area contributed by atoms with Crippen LogP contribution in [0.4, 0.5) is 0 Å². The molecule has 26 atom stereocenters. The highest BCUT2D eigenvalue weighted by Gasteiger charge is 2.59. The fraction of sp³-hybridized carbons (Fsp3) is 0.831. The summed E-state index contributed by atoms with van der Waals surface area (Å²) >= 11 is 0. The molecule has 6 aliphatic rings. The normalized spacial score (nSPS) is 38.2. The van der Waals surface area contributed by atoms with E-state index in [0.29, 0.717) is 44.1 Å². The summed E-state index contributed by atoms with van der Waals surface area (Å²) in [7, 11) is 0. The largest absolute Gasteiger partial charge is 0.455 e. The van der Waals surface area contributed by atoms with E-state index in [2.05, 4.69) is 13.8 Å². The minimum atomic E-state index is -2.05. The summed E-state index contributed by atoms with van der Waals surface area (Å²) < 4.78 is 89.3. The Morgan fingerprint density at radius 3 is 1.68 bits per heavy atom. The van der Waals surface area contributed by atoms with E-state index in [-0.39, 0.29) is 25.4 Å². The monoisotopic (exact) mass is 1380 g/mol. The highest BCUT2D eigenvalue weighted by Crippen LogP contribution is 2.40. The van der Waals surface area contributed by atoms with Crippen molar-refractivity contribution in [2.45, 2.75) is 369 Å². The van der Waals surface area contributed by atoms with Crippen LogP contribution < -0.4 is 0 Å². The third kappa shape index (κ3) is 23.6. The van der Waals surface area contributed by atoms with Gasteiger partial charge in [0, 0.05) is 25.3 Å². The molecule has 0 bridgehead atoms. The number of hydrogen-bond donors (Lipinski definition) is 8. The standard InChI is InChI=1S/C71H114O26/c1-8-11-14-19-28-35-48(73)90-60-43(6)85-68(58(83)62(60)91-51(76)39-38-45-31-25-23-26-32-45)95-61-44(7)87-71(66(93-50(75)37-29-20-15-12-9-2)65(61)97-67-56(81)54(79)53(78)47(40-72)89-67)94-59-42(5)86-70-64(57(59)82)92-49(74)36-30-22-18-16-17-21-27-34-46(33-24-13-10-3)88-69-63(96-70)55(80)52(77)41(4)84-69/h23,25-26,31-32,38-39,41-44,46-47,52-72,77-83H,8-22,24,27-30,33-37,40H2,1-7H3/t41-,42+,43+,44+,46+,47-,52+,53-,54+,55+,56-,57-,58-,59+,60+,61+,62+,63-,64-,65-,66-,67+,68+,69+,70+,71+/m1/s1. The Morgan fingerprint density at radius 1 is 0.474 bits per heavy atom. The number of benzene rings is 1. The Hall–Kier alpha value is -3.88. The van der Waals surface area contributed by atoms with Crippen LogP contribution in [0.3, 0.4) is 0 Å². The predicted octanol–water partition coefficient (Wildman–Crippen LogP) is 6.32. The number of rotatable bonds is 28. The lowest BCUT2D eigenvalue weighted by molar-refractivity contribution is -0.400. The Bertz CT molecular complexity index is 2470. The van der Waals surface area contributed by atoms with Crippen molar-refractivity contribution in [2.24, 2.45) is 0 Å². The van der Waals surface area contributed by atoms with Crippen LogP contribution in [0.25, 0.3) is 6.08 Å². The van der Waals surface area contributed by atoms with Crippen molar-refractivity contribution in [3.05, 3.63) is 42.0 Å². The average Bonchev–Trinajstić information content (AvgIpc) is 0.767. The molecule has 0 aliphatic carbocycles. The fourth-order valence-corrected chi connectivity index (χ4v) is 13.3. The lowest BCUT2D eigenvalue weighted by Crippen LogP contribution is -2.68. The van der Waals surface area contributed by atoms with Gasteiger partial charge in [0.1, 0.15) is 73.2 Å². The molecule has 6 fully saturated rings. The molecule has 1 aromatic rings. The second-order valence-electron chi connectivity index (χ2n) is 27.0. The van der Waals surface area contributed by atoms with Crippen LogP contribution in [-0.2, 0) is 85.5 Å². The number of ether oxygens (including phenoxy) is 14. The number of hydrogen-bond acceptors (Lipinski definition) is 26. The van der Waals surface area contributed by atoms with E-state index < -0.39 is 184 Å². The van der Waals surface area contributed by atoms with Gasteiger partial charge < -0.3 is 107 Å². The number of carbonyl (C=O) groups excluding carboxylic acids is 4. The molecule has 8 N–H and O–H groups in total. The number of fused-ring (bicyclic) bond motifs is 2. The van der Waals surface area contributed by atoms with Crippen molar-refractivity contribution in [2.75, 3.05) is 6.61 Å². The summed E-state index contributed by atoms with van der Waals surface area (Å²) in [5.41, 5.74) is 0.657. The van der Waals surface area contributed by atoms with Gasteiger partial charge in [-0.1, -0.05) is 160 Å². The highest BCUT2D eigenvalue weighted by atomic mass is 16.8. The molecule has 0 radical (unpaired) electrons. The fourth-order valence-electron chi connectivity index (χ4n) is 13.3. The SMILES string of the molecule is CCCCCCCC(=O)O[C@@H]1[C@@H](OC(=O)C=Cc2ccccc2)[C@@H](O)[C@H](O[C@@H]2[C@@H](O[C@@H]3O[C@H](CO)[C@@H](O)[C@H](O)[C@H]3O)[C@@H](OC(=O)CCCCCCC)[C@H](O[C@@H]3[C@@H](O)[C@H]4OC(=O)CCCCCCCCC[C@H](CCCCC)O[C@@H]5O[C@H](C)[C@H](O)[C@H](O)[C@H]5O[C@@H]4O[C@H]3C)O[C@H]2C)O[C@H]1C. The molecule has 1 aromatic carbocycles. The second-order valence-corrected chi connectivity index (χ2v) is 27.0. The first-order valence-electron chi connectivity index (χ1n) is 36.1. The first-order valence-corrected chi connectivity index (χ1v) is 36.1. The van der Waals surface area contributed by atoms with E-state index in [4.69, 9.17) is 66.3 Å². The van der Waals surface area contributed by atoms with Gasteiger partial charge in [0.25, 0.3) is 0 Å². The molecule has 26 nitrogen and oxygen atoms in total. The molecule has 0 aromatic heterocycles. The first-order chi connectivity index (χ1) is 46.7. The van der Waals surface area contributed by atoms with Gasteiger partial charge >= 0.3 is 23.9 Å². The number of aliphatic hydroxyl groups excluding tert-OH is 8. The molecule has 0 spiro atoms. The van der Waals surface area contributed by atoms with Crippen molar-refractivity contribution in [3.8, 4) is 0 Å². The zero-order chi connectivity index (χ0) is 70.1. The van der Waals surface area contributed by atoms with Gasteiger partial charge in [-0.3, -0.25) is 14.4 Å². The van der Waals surface area contributed by atoms with Crippen LogP contribution in [0.1, 0.15) is 215 Å². The Balaban J connectivity index is 1.25. The van der Waals surface area contributed by atoms with E-state index in [9.17, 15) is 60.0 Å². The molecule has 6 heterocycles. The maximum absolute atomic E-state index is 14.4. The lowest BCUT2D eigenvalue weighted by atomic mass is 9.95. The third-order valence-corrected chi connectivity index (χ3v) is 19.1. The Labute approximate surface area is 571 Å². The number of esters is 4. The molecular formula is C71H114O26. The maximum Gasteiger partial charge on any atom is 0.331 e. The van der Waals surface area contributed by atoms with Gasteiger partial charge in [-0.2, -0.15) is 0 Å². The molecular weight excluding hydrogens is 1270 g/mol. The van der Waals surface area contributed by atoms with Crippen LogP contribution in [0, 0.1) is 0 Å². The van der Waals surface area contributed by atoms with Gasteiger partial charge in [0.15, 0.2) is 55.9 Å². The van der Waals surface area contributed by atoms with Crippen molar-refractivity contribution in [3.63, 3.8) is 0 Å². The van der Waals surface area contributed by atoms with E-state index in [1.54, 1.807) is 37.3 Å². The minimum absolute atomic E-state index is 0.0242. The molecule has 97 heavy (non-hydrogen) atoms. The lowest BCUT2D eigenvalue weighted by Gasteiger charge is -2.51. The van der Waals surface area contributed by atoms with Crippen molar-refractivity contribution in [1.29, 1.82) is 0 Å². The Morgan fingerprint density at radius 2 is 1.02 bits per heavy atom. The van der Waals surface area contributed by atoms with Crippen LogP contribution in [0.15, 0.2) is 36.4 Å². The van der Waals surface area contributed by atoms with E-state index >= 15 is 0 Å². The van der Waals surface area contributed by atoms with Crippen LogP contribution >= 0.6 is 0 Å². The first kappa shape index (κ1) is 80.4. The quantitative estimate of drug-likeness (QED) is 0.0197. The zero-order valence-electron chi connectivity index (χ0n) is 57.9.